The first-order chi connectivity index (χ1) is 9.61. The molecule has 0 aliphatic carbocycles. The second-order valence-electron chi connectivity index (χ2n) is 3.99. The molecule has 2 nitrogen and oxygen atoms in total. The molecule has 0 aliphatic rings. The van der Waals surface area contributed by atoms with Crippen molar-refractivity contribution < 1.29 is 13.9 Å². The number of benzene rings is 2. The van der Waals surface area contributed by atoms with E-state index in [4.69, 9.17) is 4.74 Å². The van der Waals surface area contributed by atoms with Crippen LogP contribution in [-0.4, -0.2) is 18.6 Å². The fourth-order valence-corrected chi connectivity index (χ4v) is 3.08. The smallest absolute Gasteiger partial charge is 0.176 e. The molecule has 0 saturated heterocycles. The molecule has 0 amide bonds. The van der Waals surface area contributed by atoms with E-state index in [0.717, 1.165) is 9.37 Å². The third-order valence-corrected chi connectivity index (χ3v) is 4.70. The average Bonchev–Trinajstić information content (AvgIpc) is 2.46. The van der Waals surface area contributed by atoms with Crippen LogP contribution in [-0.2, 0) is 0 Å². The summed E-state index contributed by atoms with van der Waals surface area (Å²) in [6, 6.07) is 11.9. The van der Waals surface area contributed by atoms with Crippen LogP contribution in [0.15, 0.2) is 51.8 Å². The van der Waals surface area contributed by atoms with Crippen molar-refractivity contribution in [3.8, 4) is 5.75 Å². The SMILES string of the molecule is COc1ccc(C(=O)CSc2ccccc2Br)c(F)c1. The van der Waals surface area contributed by atoms with Crippen LogP contribution in [0, 0.1) is 5.82 Å². The topological polar surface area (TPSA) is 26.3 Å². The maximum Gasteiger partial charge on any atom is 0.176 e. The first kappa shape index (κ1) is 15.1. The molecule has 0 spiro atoms. The van der Waals surface area contributed by atoms with E-state index < -0.39 is 5.82 Å². The lowest BCUT2D eigenvalue weighted by Gasteiger charge is -2.06. The van der Waals surface area contributed by atoms with Crippen LogP contribution >= 0.6 is 27.7 Å². The molecule has 5 heteroatoms. The fraction of sp³-hybridized carbons (Fsp3) is 0.133. The van der Waals surface area contributed by atoms with Crippen molar-refractivity contribution in [3.05, 3.63) is 58.3 Å². The van der Waals surface area contributed by atoms with Crippen LogP contribution in [0.25, 0.3) is 0 Å². The minimum absolute atomic E-state index is 0.0883. The Morgan fingerprint density at radius 1 is 1.30 bits per heavy atom. The van der Waals surface area contributed by atoms with E-state index in [9.17, 15) is 9.18 Å². The molecule has 0 radical (unpaired) electrons. The zero-order valence-corrected chi connectivity index (χ0v) is 13.1. The molecule has 0 aromatic heterocycles. The monoisotopic (exact) mass is 354 g/mol. The molecular formula is C15H12BrFO2S. The van der Waals surface area contributed by atoms with E-state index in [-0.39, 0.29) is 17.1 Å². The number of Topliss-reactive ketones (excluding diaryl/α,β-unsaturated/α-hetero) is 1. The van der Waals surface area contributed by atoms with Crippen molar-refractivity contribution in [2.75, 3.05) is 12.9 Å². The van der Waals surface area contributed by atoms with Gasteiger partial charge in [0.25, 0.3) is 0 Å². The number of methoxy groups -OCH3 is 1. The van der Waals surface area contributed by atoms with Crippen LogP contribution in [0.2, 0.25) is 0 Å². The lowest BCUT2D eigenvalue weighted by atomic mass is 10.1. The molecular weight excluding hydrogens is 343 g/mol. The summed E-state index contributed by atoms with van der Waals surface area (Å²) in [6.45, 7) is 0. The lowest BCUT2D eigenvalue weighted by Crippen LogP contribution is -2.05. The molecule has 2 aromatic rings. The number of hydrogen-bond donors (Lipinski definition) is 0. The Morgan fingerprint density at radius 3 is 2.70 bits per heavy atom. The number of carbonyl (C=O) groups excluding carboxylic acids is 1. The third-order valence-electron chi connectivity index (χ3n) is 2.67. The highest BCUT2D eigenvalue weighted by molar-refractivity contribution is 9.10. The Balaban J connectivity index is 2.07. The highest BCUT2D eigenvalue weighted by atomic mass is 79.9. The van der Waals surface area contributed by atoms with Gasteiger partial charge in [-0.05, 0) is 40.2 Å². The first-order valence-electron chi connectivity index (χ1n) is 5.86. The van der Waals surface area contributed by atoms with Crippen molar-refractivity contribution in [1.82, 2.24) is 0 Å². The van der Waals surface area contributed by atoms with E-state index in [1.807, 2.05) is 24.3 Å². The molecule has 0 saturated carbocycles. The Hall–Kier alpha value is -1.33. The molecule has 2 aromatic carbocycles. The van der Waals surface area contributed by atoms with Crippen molar-refractivity contribution in [3.63, 3.8) is 0 Å². The second-order valence-corrected chi connectivity index (χ2v) is 5.86. The number of ether oxygens (including phenoxy) is 1. The minimum Gasteiger partial charge on any atom is -0.497 e. The van der Waals surface area contributed by atoms with Crippen LogP contribution in [0.5, 0.6) is 5.75 Å². The average molecular weight is 355 g/mol. The maximum atomic E-state index is 13.8. The Bertz CT molecular complexity index is 631. The van der Waals surface area contributed by atoms with Gasteiger partial charge in [-0.3, -0.25) is 4.79 Å². The summed E-state index contributed by atoms with van der Waals surface area (Å²) < 4.78 is 19.6. The van der Waals surface area contributed by atoms with Gasteiger partial charge in [-0.15, -0.1) is 11.8 Å². The van der Waals surface area contributed by atoms with Crippen LogP contribution in [0.1, 0.15) is 10.4 Å². The molecule has 0 N–H and O–H groups in total. The predicted molar refractivity (Wildman–Crippen MR) is 82.1 cm³/mol. The van der Waals surface area contributed by atoms with Gasteiger partial charge < -0.3 is 4.74 Å². The van der Waals surface area contributed by atoms with E-state index in [1.165, 1.54) is 31.0 Å². The van der Waals surface area contributed by atoms with Gasteiger partial charge in [0.1, 0.15) is 11.6 Å². The number of thioether (sulfide) groups is 1. The van der Waals surface area contributed by atoms with Crippen LogP contribution in [0.3, 0.4) is 0 Å². The highest BCUT2D eigenvalue weighted by Gasteiger charge is 2.13. The summed E-state index contributed by atoms with van der Waals surface area (Å²) in [5, 5.41) is 0. The summed E-state index contributed by atoms with van der Waals surface area (Å²) in [6.07, 6.45) is 0. The van der Waals surface area contributed by atoms with E-state index in [2.05, 4.69) is 15.9 Å². The fourth-order valence-electron chi connectivity index (χ4n) is 1.63. The molecule has 104 valence electrons. The first-order valence-corrected chi connectivity index (χ1v) is 7.63. The third kappa shape index (κ3) is 3.61. The Kier molecular flexibility index (Phi) is 5.20. The minimum atomic E-state index is -0.554. The summed E-state index contributed by atoms with van der Waals surface area (Å²) >= 11 is 4.79. The maximum absolute atomic E-state index is 13.8. The van der Waals surface area contributed by atoms with Crippen molar-refractivity contribution in [2.24, 2.45) is 0 Å². The molecule has 0 unspecified atom stereocenters. The van der Waals surface area contributed by atoms with Crippen LogP contribution < -0.4 is 4.74 Å². The molecule has 2 rings (SSSR count). The number of halogens is 2. The zero-order valence-electron chi connectivity index (χ0n) is 10.7. The van der Waals surface area contributed by atoms with Gasteiger partial charge in [0, 0.05) is 15.4 Å². The second kappa shape index (κ2) is 6.90. The summed E-state index contributed by atoms with van der Waals surface area (Å²) in [4.78, 5) is 13.0. The number of hydrogen-bond acceptors (Lipinski definition) is 3. The highest BCUT2D eigenvalue weighted by Crippen LogP contribution is 2.28. The standard InChI is InChI=1S/C15H12BrFO2S/c1-19-10-6-7-11(13(17)8-10)14(18)9-20-15-5-3-2-4-12(15)16/h2-8H,9H2,1H3. The van der Waals surface area contributed by atoms with E-state index in [0.29, 0.717) is 5.75 Å². The Labute approximate surface area is 129 Å². The predicted octanol–water partition coefficient (Wildman–Crippen LogP) is 4.57. The van der Waals surface area contributed by atoms with E-state index in [1.54, 1.807) is 6.07 Å². The quantitative estimate of drug-likeness (QED) is 0.581. The summed E-state index contributed by atoms with van der Waals surface area (Å²) in [5.41, 5.74) is 0.0883. The molecule has 0 atom stereocenters. The number of ketones is 1. The normalized spacial score (nSPS) is 10.3. The number of carbonyl (C=O) groups is 1. The Morgan fingerprint density at radius 2 is 2.05 bits per heavy atom. The van der Waals surface area contributed by atoms with Crippen molar-refractivity contribution in [1.29, 1.82) is 0 Å². The van der Waals surface area contributed by atoms with E-state index >= 15 is 0 Å². The molecule has 0 heterocycles. The summed E-state index contributed by atoms with van der Waals surface area (Å²) in [5.74, 6) is -0.211. The van der Waals surface area contributed by atoms with Gasteiger partial charge in [0.05, 0.1) is 18.4 Å². The summed E-state index contributed by atoms with van der Waals surface area (Å²) in [7, 11) is 1.46. The number of rotatable bonds is 5. The van der Waals surface area contributed by atoms with Crippen molar-refractivity contribution >= 4 is 33.5 Å². The van der Waals surface area contributed by atoms with Gasteiger partial charge in [-0.25, -0.2) is 4.39 Å². The largest absolute Gasteiger partial charge is 0.497 e. The van der Waals surface area contributed by atoms with Crippen LogP contribution in [0.4, 0.5) is 4.39 Å². The van der Waals surface area contributed by atoms with Gasteiger partial charge in [-0.1, -0.05) is 12.1 Å². The van der Waals surface area contributed by atoms with Gasteiger partial charge in [-0.2, -0.15) is 0 Å². The lowest BCUT2D eigenvalue weighted by molar-refractivity contribution is 0.101. The van der Waals surface area contributed by atoms with Gasteiger partial charge >= 0.3 is 0 Å². The van der Waals surface area contributed by atoms with Gasteiger partial charge in [0.15, 0.2) is 5.78 Å². The molecule has 20 heavy (non-hydrogen) atoms. The van der Waals surface area contributed by atoms with Gasteiger partial charge in [0.2, 0.25) is 0 Å². The van der Waals surface area contributed by atoms with Crippen molar-refractivity contribution in [2.45, 2.75) is 4.90 Å². The molecule has 0 aliphatic heterocycles. The zero-order chi connectivity index (χ0) is 14.5. The molecule has 0 fully saturated rings. The molecule has 0 bridgehead atoms.